The molecule has 0 saturated heterocycles. The Balaban J connectivity index is 0.000000252. The molecule has 6 heteroatoms. The molecule has 0 spiro atoms. The number of aryl methyl sites for hydroxylation is 2. The van der Waals surface area contributed by atoms with Crippen molar-refractivity contribution in [2.75, 3.05) is 0 Å². The van der Waals surface area contributed by atoms with Crippen LogP contribution in [-0.4, -0.2) is 4.98 Å². The Morgan fingerprint density at radius 3 is 1.46 bits per heavy atom. The van der Waals surface area contributed by atoms with Crippen molar-refractivity contribution in [3.63, 3.8) is 0 Å². The number of halogens is 4. The summed E-state index contributed by atoms with van der Waals surface area (Å²) in [6.45, 7) is 3.99. The van der Waals surface area contributed by atoms with Gasteiger partial charge in [0.25, 0.3) is 0 Å². The molecule has 0 atom stereocenters. The molecule has 1 aromatic rings. The third-order valence-electron chi connectivity index (χ3n) is 1.03. The summed E-state index contributed by atoms with van der Waals surface area (Å²) in [4.78, 5) is 4.17. The molecule has 0 amide bonds. The molecule has 1 heterocycles. The summed E-state index contributed by atoms with van der Waals surface area (Å²) in [5.41, 5.74) is 2.18. The van der Waals surface area contributed by atoms with Gasteiger partial charge in [0.1, 0.15) is 0 Å². The molecule has 0 radical (unpaired) electrons. The van der Waals surface area contributed by atoms with Gasteiger partial charge in [-0.15, -0.1) is 0 Å². The Kier molecular flexibility index (Phi) is 7.01. The van der Waals surface area contributed by atoms with Crippen molar-refractivity contribution in [3.05, 3.63) is 29.6 Å². The first-order valence-corrected chi connectivity index (χ1v) is 12.0. The standard InChI is InChI=1S/C7H9N.4ClH.Ti/c1-6-4-3-5-7(2)8-6;;;;;/h3-5H,1-2H3;4*1H;/q;;;;;+4/p-4. The fraction of sp³-hybridized carbons (Fsp3) is 0.286. The molecule has 0 fully saturated rings. The summed E-state index contributed by atoms with van der Waals surface area (Å²) in [6, 6.07) is 6.00. The zero-order valence-electron chi connectivity index (χ0n) is 7.19. The van der Waals surface area contributed by atoms with Crippen molar-refractivity contribution >= 4 is 37.2 Å². The summed E-state index contributed by atoms with van der Waals surface area (Å²) < 4.78 is 0. The average molecular weight is 297 g/mol. The summed E-state index contributed by atoms with van der Waals surface area (Å²) in [5.74, 6) is 0. The molecule has 1 aromatic heterocycles. The van der Waals surface area contributed by atoms with Gasteiger partial charge in [-0.3, -0.25) is 4.98 Å². The van der Waals surface area contributed by atoms with E-state index in [0.29, 0.717) is 0 Å². The molecular formula is C7H9Cl4NTi. The Bertz CT molecular complexity index is 238. The van der Waals surface area contributed by atoms with Gasteiger partial charge >= 0.3 is 49.6 Å². The van der Waals surface area contributed by atoms with Crippen LogP contribution in [0.15, 0.2) is 18.2 Å². The molecule has 74 valence electrons. The monoisotopic (exact) mass is 295 g/mol. The van der Waals surface area contributed by atoms with Gasteiger partial charge in [-0.1, -0.05) is 6.07 Å². The van der Waals surface area contributed by atoms with Crippen LogP contribution in [0, 0.1) is 13.8 Å². The molecule has 0 aliphatic heterocycles. The zero-order valence-corrected chi connectivity index (χ0v) is 11.8. The molecular weight excluding hydrogens is 288 g/mol. The van der Waals surface area contributed by atoms with Crippen LogP contribution in [0.2, 0.25) is 0 Å². The van der Waals surface area contributed by atoms with E-state index < -0.39 is 12.3 Å². The molecule has 1 nitrogen and oxygen atoms in total. The fourth-order valence-corrected chi connectivity index (χ4v) is 0.679. The van der Waals surface area contributed by atoms with Gasteiger partial charge in [0.15, 0.2) is 0 Å². The minimum atomic E-state index is -3.11. The van der Waals surface area contributed by atoms with Gasteiger partial charge in [0.2, 0.25) is 0 Å². The predicted octanol–water partition coefficient (Wildman–Crippen LogP) is 4.45. The third-order valence-corrected chi connectivity index (χ3v) is 1.03. The van der Waals surface area contributed by atoms with E-state index in [4.69, 9.17) is 37.2 Å². The van der Waals surface area contributed by atoms with Crippen molar-refractivity contribution in [1.29, 1.82) is 0 Å². The van der Waals surface area contributed by atoms with Crippen LogP contribution >= 0.6 is 37.2 Å². The van der Waals surface area contributed by atoms with Crippen LogP contribution in [0.1, 0.15) is 11.4 Å². The summed E-state index contributed by atoms with van der Waals surface area (Å²) in [6.07, 6.45) is 0. The second-order valence-corrected chi connectivity index (χ2v) is 17.8. The normalized spacial score (nSPS) is 10.3. The summed E-state index contributed by atoms with van der Waals surface area (Å²) >= 11 is -3.11. The first kappa shape index (κ1) is 14.0. The first-order valence-electron chi connectivity index (χ1n) is 3.45. The summed E-state index contributed by atoms with van der Waals surface area (Å²) in [5, 5.41) is 0. The van der Waals surface area contributed by atoms with E-state index in [9.17, 15) is 0 Å². The second-order valence-electron chi connectivity index (χ2n) is 2.35. The van der Waals surface area contributed by atoms with Crippen molar-refractivity contribution in [1.82, 2.24) is 4.98 Å². The number of rotatable bonds is 0. The van der Waals surface area contributed by atoms with E-state index in [-0.39, 0.29) is 0 Å². The Morgan fingerprint density at radius 2 is 1.31 bits per heavy atom. The second kappa shape index (κ2) is 6.50. The van der Waals surface area contributed by atoms with E-state index >= 15 is 0 Å². The molecule has 0 aliphatic rings. The van der Waals surface area contributed by atoms with Gasteiger partial charge in [-0.25, -0.2) is 0 Å². The summed E-state index contributed by atoms with van der Waals surface area (Å²) in [7, 11) is 20.1. The average Bonchev–Trinajstić information content (AvgIpc) is 1.81. The topological polar surface area (TPSA) is 12.9 Å². The SMILES string of the molecule is Cc1cccc(C)n1.[Cl][Ti]([Cl])([Cl])[Cl]. The number of hydrogen-bond acceptors (Lipinski definition) is 1. The number of aromatic nitrogens is 1. The molecule has 0 aromatic carbocycles. The van der Waals surface area contributed by atoms with E-state index in [2.05, 4.69) is 4.98 Å². The Morgan fingerprint density at radius 1 is 1.00 bits per heavy atom. The van der Waals surface area contributed by atoms with E-state index in [1.54, 1.807) is 0 Å². The van der Waals surface area contributed by atoms with Crippen LogP contribution in [0.3, 0.4) is 0 Å². The molecule has 0 aliphatic carbocycles. The molecule has 0 saturated carbocycles. The number of pyridine rings is 1. The van der Waals surface area contributed by atoms with Gasteiger partial charge in [-0.2, -0.15) is 0 Å². The molecule has 13 heavy (non-hydrogen) atoms. The van der Waals surface area contributed by atoms with Crippen molar-refractivity contribution in [3.8, 4) is 0 Å². The van der Waals surface area contributed by atoms with E-state index in [1.807, 2.05) is 32.0 Å². The molecule has 1 rings (SSSR count). The first-order chi connectivity index (χ1) is 5.79. The van der Waals surface area contributed by atoms with Crippen LogP contribution in [0.25, 0.3) is 0 Å². The van der Waals surface area contributed by atoms with Gasteiger partial charge < -0.3 is 0 Å². The Labute approximate surface area is 97.2 Å². The molecule has 0 N–H and O–H groups in total. The molecule has 0 unspecified atom stereocenters. The van der Waals surface area contributed by atoms with E-state index in [1.165, 1.54) is 0 Å². The maximum absolute atomic E-state index is 5.01. The fourth-order valence-electron chi connectivity index (χ4n) is 0.679. The molecule has 0 bridgehead atoms. The predicted molar refractivity (Wildman–Crippen MR) is 57.1 cm³/mol. The van der Waals surface area contributed by atoms with E-state index in [0.717, 1.165) is 11.4 Å². The number of nitrogens with zero attached hydrogens (tertiary/aromatic N) is 1. The zero-order chi connectivity index (χ0) is 10.5. The van der Waals surface area contributed by atoms with Gasteiger partial charge in [0.05, 0.1) is 0 Å². The van der Waals surface area contributed by atoms with Crippen LogP contribution in [-0.2, 0) is 12.3 Å². The number of hydrogen-bond donors (Lipinski definition) is 0. The third kappa shape index (κ3) is 13.0. The maximum atomic E-state index is 5.01. The van der Waals surface area contributed by atoms with Crippen LogP contribution < -0.4 is 0 Å². The van der Waals surface area contributed by atoms with Crippen molar-refractivity contribution < 1.29 is 12.3 Å². The van der Waals surface area contributed by atoms with Gasteiger partial charge in [-0.05, 0) is 26.0 Å². The van der Waals surface area contributed by atoms with Crippen LogP contribution in [0.4, 0.5) is 0 Å². The minimum absolute atomic E-state index is 1.09. The Hall–Kier alpha value is 1.02. The van der Waals surface area contributed by atoms with Crippen LogP contribution in [0.5, 0.6) is 0 Å². The van der Waals surface area contributed by atoms with Crippen molar-refractivity contribution in [2.45, 2.75) is 13.8 Å². The quantitative estimate of drug-likeness (QED) is 0.644. The van der Waals surface area contributed by atoms with Crippen molar-refractivity contribution in [2.24, 2.45) is 0 Å². The van der Waals surface area contributed by atoms with Gasteiger partial charge in [0, 0.05) is 11.4 Å².